The molecule has 0 unspecified atom stereocenters. The zero-order valence-electron chi connectivity index (χ0n) is 21.6. The highest BCUT2D eigenvalue weighted by Crippen LogP contribution is 2.39. The molecule has 0 radical (unpaired) electrons. The standard InChI is InChI=1S/C22H18F3NO4S.C5H9NO3/c1-29-18-6-2-4-15(12-18)16-8-9-21-20(13-16)26(10-11-30-21)31(27,28)19-7-3-5-17(14-19)22(23,24)25;1-2-4(7)6-3-5(8)9/h2-9,12-14H,10-11H2,1H3;2-3H2,1H3,(H,6,7)(H,8,9). The Bertz CT molecular complexity index is 1480. The van der Waals surface area contributed by atoms with Gasteiger partial charge in [0.05, 0.1) is 29.8 Å². The zero-order chi connectivity index (χ0) is 29.5. The Morgan fingerprint density at radius 1 is 1.05 bits per heavy atom. The number of ether oxygens (including phenoxy) is 2. The van der Waals surface area contributed by atoms with Gasteiger partial charge in [-0.15, -0.1) is 0 Å². The fourth-order valence-corrected chi connectivity index (χ4v) is 5.18. The molecule has 1 heterocycles. The minimum atomic E-state index is -4.64. The zero-order valence-corrected chi connectivity index (χ0v) is 22.4. The first-order valence-electron chi connectivity index (χ1n) is 12.0. The van der Waals surface area contributed by atoms with E-state index < -0.39 is 32.6 Å². The second kappa shape index (κ2) is 12.7. The molecule has 0 saturated carbocycles. The topological polar surface area (TPSA) is 122 Å². The average Bonchev–Trinajstić information content (AvgIpc) is 2.95. The maximum Gasteiger partial charge on any atom is 0.416 e. The predicted octanol–water partition coefficient (Wildman–Crippen LogP) is 4.57. The second-order valence-corrected chi connectivity index (χ2v) is 10.3. The SMILES string of the molecule is CCC(=O)NCC(=O)O.COc1cccc(-c2ccc3c(c2)N(S(=O)(=O)c2cccc(C(F)(F)F)c2)CCO3)c1. The fourth-order valence-electron chi connectivity index (χ4n) is 3.68. The summed E-state index contributed by atoms with van der Waals surface area (Å²) in [5, 5.41) is 10.2. The molecule has 13 heteroatoms. The van der Waals surface area contributed by atoms with Crippen LogP contribution < -0.4 is 19.1 Å². The first-order chi connectivity index (χ1) is 18.9. The van der Waals surface area contributed by atoms with Gasteiger partial charge in [0.15, 0.2) is 0 Å². The molecule has 9 nitrogen and oxygen atoms in total. The van der Waals surface area contributed by atoms with Crippen LogP contribution in [0, 0.1) is 0 Å². The number of hydrogen-bond donors (Lipinski definition) is 2. The molecule has 0 spiro atoms. The predicted molar refractivity (Wildman–Crippen MR) is 141 cm³/mol. The van der Waals surface area contributed by atoms with E-state index in [1.54, 1.807) is 50.4 Å². The molecule has 1 aliphatic rings. The van der Waals surface area contributed by atoms with E-state index in [4.69, 9.17) is 14.6 Å². The van der Waals surface area contributed by atoms with Crippen molar-refractivity contribution in [3.63, 3.8) is 0 Å². The van der Waals surface area contributed by atoms with Crippen LogP contribution in [0.5, 0.6) is 11.5 Å². The number of methoxy groups -OCH3 is 1. The molecule has 0 aliphatic carbocycles. The number of carbonyl (C=O) groups excluding carboxylic acids is 1. The van der Waals surface area contributed by atoms with E-state index in [2.05, 4.69) is 5.32 Å². The Labute approximate surface area is 229 Å². The molecule has 1 aliphatic heterocycles. The van der Waals surface area contributed by atoms with Gasteiger partial charge in [0, 0.05) is 6.42 Å². The highest BCUT2D eigenvalue weighted by atomic mass is 32.2. The average molecular weight is 581 g/mol. The number of alkyl halides is 3. The van der Waals surface area contributed by atoms with Crippen molar-refractivity contribution < 1.29 is 45.8 Å². The Hall–Kier alpha value is -4.26. The summed E-state index contributed by atoms with van der Waals surface area (Å²) in [6.07, 6.45) is -4.32. The van der Waals surface area contributed by atoms with E-state index >= 15 is 0 Å². The van der Waals surface area contributed by atoms with E-state index in [-0.39, 0.29) is 31.3 Å². The van der Waals surface area contributed by atoms with Crippen molar-refractivity contribution in [2.75, 3.05) is 31.1 Å². The van der Waals surface area contributed by atoms with Crippen molar-refractivity contribution in [2.45, 2.75) is 24.4 Å². The number of carboxylic acid groups (broad SMARTS) is 1. The number of carbonyl (C=O) groups is 2. The van der Waals surface area contributed by atoms with Gasteiger partial charge in [-0.2, -0.15) is 13.2 Å². The van der Waals surface area contributed by atoms with E-state index in [0.717, 1.165) is 28.1 Å². The van der Waals surface area contributed by atoms with Gasteiger partial charge in [0.1, 0.15) is 24.7 Å². The maximum absolute atomic E-state index is 13.3. The lowest BCUT2D eigenvalue weighted by atomic mass is 10.0. The number of nitrogens with zero attached hydrogens (tertiary/aromatic N) is 1. The first kappa shape index (κ1) is 30.3. The van der Waals surface area contributed by atoms with Crippen LogP contribution in [-0.2, 0) is 25.8 Å². The van der Waals surface area contributed by atoms with Crippen molar-refractivity contribution in [3.8, 4) is 22.6 Å². The van der Waals surface area contributed by atoms with E-state index in [9.17, 15) is 31.2 Å². The molecule has 3 aromatic rings. The lowest BCUT2D eigenvalue weighted by Crippen LogP contribution is -2.38. The third kappa shape index (κ3) is 7.44. The Kier molecular flexibility index (Phi) is 9.64. The molecule has 1 amide bonds. The van der Waals surface area contributed by atoms with Crippen LogP contribution in [0.3, 0.4) is 0 Å². The summed E-state index contributed by atoms with van der Waals surface area (Å²) in [5.41, 5.74) is 0.757. The molecule has 40 heavy (non-hydrogen) atoms. The van der Waals surface area contributed by atoms with Crippen LogP contribution in [0.2, 0.25) is 0 Å². The first-order valence-corrected chi connectivity index (χ1v) is 13.4. The number of carboxylic acids is 1. The smallest absolute Gasteiger partial charge is 0.416 e. The van der Waals surface area contributed by atoms with E-state index in [1.807, 2.05) is 6.07 Å². The number of fused-ring (bicyclic) bond motifs is 1. The molecule has 0 saturated heterocycles. The monoisotopic (exact) mass is 580 g/mol. The van der Waals surface area contributed by atoms with Crippen LogP contribution >= 0.6 is 0 Å². The second-order valence-electron chi connectivity index (χ2n) is 8.39. The Morgan fingerprint density at radius 3 is 2.40 bits per heavy atom. The summed E-state index contributed by atoms with van der Waals surface area (Å²) < 4.78 is 77.7. The third-order valence-electron chi connectivity index (χ3n) is 5.69. The van der Waals surface area contributed by atoms with Gasteiger partial charge >= 0.3 is 12.1 Å². The van der Waals surface area contributed by atoms with Crippen LogP contribution in [0.4, 0.5) is 18.9 Å². The fraction of sp³-hybridized carbons (Fsp3) is 0.259. The number of sulfonamides is 1. The van der Waals surface area contributed by atoms with Gasteiger partial charge in [0.2, 0.25) is 5.91 Å². The lowest BCUT2D eigenvalue weighted by Gasteiger charge is -2.31. The van der Waals surface area contributed by atoms with Gasteiger partial charge in [-0.1, -0.05) is 31.2 Å². The normalized spacial score (nSPS) is 12.8. The number of halogens is 3. The van der Waals surface area contributed by atoms with Crippen molar-refractivity contribution in [3.05, 3.63) is 72.3 Å². The van der Waals surface area contributed by atoms with Crippen LogP contribution in [0.1, 0.15) is 18.9 Å². The van der Waals surface area contributed by atoms with E-state index in [0.29, 0.717) is 29.5 Å². The summed E-state index contributed by atoms with van der Waals surface area (Å²) in [6, 6.07) is 16.1. The molecule has 0 atom stereocenters. The van der Waals surface area contributed by atoms with Crippen molar-refractivity contribution in [1.29, 1.82) is 0 Å². The number of aliphatic carboxylic acids is 1. The molecule has 0 bridgehead atoms. The highest BCUT2D eigenvalue weighted by Gasteiger charge is 2.34. The quantitative estimate of drug-likeness (QED) is 0.420. The van der Waals surface area contributed by atoms with Crippen LogP contribution in [-0.4, -0.2) is 52.2 Å². The summed E-state index contributed by atoms with van der Waals surface area (Å²) in [7, 11) is -2.70. The number of hydrogen-bond acceptors (Lipinski definition) is 6. The van der Waals surface area contributed by atoms with Crippen LogP contribution in [0.15, 0.2) is 71.6 Å². The lowest BCUT2D eigenvalue weighted by molar-refractivity contribution is -0.138. The summed E-state index contributed by atoms with van der Waals surface area (Å²) in [4.78, 5) is 19.7. The molecule has 4 rings (SSSR count). The van der Waals surface area contributed by atoms with Crippen molar-refractivity contribution in [2.24, 2.45) is 0 Å². The minimum Gasteiger partial charge on any atom is -0.497 e. The number of anilines is 1. The molecule has 0 fully saturated rings. The number of rotatable bonds is 7. The third-order valence-corrected chi connectivity index (χ3v) is 7.50. The number of amides is 1. The number of nitrogens with one attached hydrogen (secondary N) is 1. The van der Waals surface area contributed by atoms with Crippen LogP contribution in [0.25, 0.3) is 11.1 Å². The van der Waals surface area contributed by atoms with Gasteiger partial charge in [-0.3, -0.25) is 13.9 Å². The maximum atomic E-state index is 13.3. The Morgan fingerprint density at radius 2 is 1.75 bits per heavy atom. The minimum absolute atomic E-state index is 0.0207. The molecular weight excluding hydrogens is 553 g/mol. The summed E-state index contributed by atoms with van der Waals surface area (Å²) in [5.74, 6) is -0.275. The summed E-state index contributed by atoms with van der Waals surface area (Å²) in [6.45, 7) is 1.45. The molecule has 2 N–H and O–H groups in total. The Balaban J connectivity index is 0.000000424. The highest BCUT2D eigenvalue weighted by molar-refractivity contribution is 7.92. The van der Waals surface area contributed by atoms with Gasteiger partial charge < -0.3 is 19.9 Å². The molecule has 3 aromatic carbocycles. The molecule has 214 valence electrons. The van der Waals surface area contributed by atoms with Gasteiger partial charge in [-0.05, 0) is 53.6 Å². The van der Waals surface area contributed by atoms with Gasteiger partial charge in [-0.25, -0.2) is 8.42 Å². The van der Waals surface area contributed by atoms with Crippen molar-refractivity contribution in [1.82, 2.24) is 5.32 Å². The van der Waals surface area contributed by atoms with Gasteiger partial charge in [0.25, 0.3) is 10.0 Å². The largest absolute Gasteiger partial charge is 0.497 e. The van der Waals surface area contributed by atoms with Crippen molar-refractivity contribution >= 4 is 27.6 Å². The molecule has 0 aromatic heterocycles. The number of benzene rings is 3. The molecular formula is C27H27F3N2O7S. The summed E-state index contributed by atoms with van der Waals surface area (Å²) >= 11 is 0. The van der Waals surface area contributed by atoms with E-state index in [1.165, 1.54) is 0 Å².